The normalized spacial score (nSPS) is 11.4. The summed E-state index contributed by atoms with van der Waals surface area (Å²) in [4.78, 5) is 16.5. The molecule has 1 aromatic carbocycles. The second-order valence-corrected chi connectivity index (χ2v) is 5.74. The Labute approximate surface area is 115 Å². The van der Waals surface area contributed by atoms with Gasteiger partial charge in [-0.1, -0.05) is 0 Å². The second-order valence-electron chi connectivity index (χ2n) is 4.88. The van der Waals surface area contributed by atoms with Gasteiger partial charge in [-0.3, -0.25) is 4.79 Å². The van der Waals surface area contributed by atoms with Gasteiger partial charge in [0.15, 0.2) is 0 Å². The Balaban J connectivity index is 2.16. The van der Waals surface area contributed by atoms with Gasteiger partial charge in [0.25, 0.3) is 5.91 Å². The SMILES string of the molecule is Cc1csc(C(C)(C)NC(=O)c2ccc(F)cc2)n1. The number of benzene rings is 1. The standard InChI is InChI=1S/C14H15FN2OS/c1-9-8-19-13(16-9)14(2,3)17-12(18)10-4-6-11(15)7-5-10/h4-8H,1-3H3,(H,17,18). The molecule has 2 aromatic rings. The molecule has 1 amide bonds. The molecule has 1 N–H and O–H groups in total. The van der Waals surface area contributed by atoms with Crippen molar-refractivity contribution in [3.05, 3.63) is 51.7 Å². The Morgan fingerprint density at radius 3 is 2.47 bits per heavy atom. The molecule has 5 heteroatoms. The summed E-state index contributed by atoms with van der Waals surface area (Å²) in [5.74, 6) is -0.593. The number of hydrogen-bond donors (Lipinski definition) is 1. The Bertz CT molecular complexity index is 590. The highest BCUT2D eigenvalue weighted by molar-refractivity contribution is 7.09. The third kappa shape index (κ3) is 3.17. The number of nitrogens with zero attached hydrogens (tertiary/aromatic N) is 1. The summed E-state index contributed by atoms with van der Waals surface area (Å²) >= 11 is 1.51. The maximum absolute atomic E-state index is 12.8. The van der Waals surface area contributed by atoms with Crippen molar-refractivity contribution < 1.29 is 9.18 Å². The summed E-state index contributed by atoms with van der Waals surface area (Å²) in [5.41, 5.74) is 0.816. The fourth-order valence-corrected chi connectivity index (χ4v) is 2.53. The van der Waals surface area contributed by atoms with Gasteiger partial charge in [0.05, 0.1) is 5.54 Å². The molecular weight excluding hydrogens is 263 g/mol. The van der Waals surface area contributed by atoms with E-state index in [1.165, 1.54) is 35.6 Å². The molecule has 0 fully saturated rings. The van der Waals surface area contributed by atoms with Crippen molar-refractivity contribution in [3.63, 3.8) is 0 Å². The molecule has 0 saturated heterocycles. The molecule has 1 heterocycles. The highest BCUT2D eigenvalue weighted by Crippen LogP contribution is 2.24. The minimum Gasteiger partial charge on any atom is -0.341 e. The number of nitrogens with one attached hydrogen (secondary N) is 1. The highest BCUT2D eigenvalue weighted by atomic mass is 32.1. The number of thiazole rings is 1. The predicted molar refractivity (Wildman–Crippen MR) is 73.7 cm³/mol. The van der Waals surface area contributed by atoms with Crippen molar-refractivity contribution in [2.75, 3.05) is 0 Å². The van der Waals surface area contributed by atoms with Crippen LogP contribution in [0.25, 0.3) is 0 Å². The summed E-state index contributed by atoms with van der Waals surface area (Å²) < 4.78 is 12.8. The molecule has 3 nitrogen and oxygen atoms in total. The molecule has 0 spiro atoms. The van der Waals surface area contributed by atoms with Crippen molar-refractivity contribution in [2.45, 2.75) is 26.3 Å². The first-order chi connectivity index (χ1) is 8.88. The molecule has 0 aliphatic carbocycles. The maximum Gasteiger partial charge on any atom is 0.252 e. The number of hydrogen-bond acceptors (Lipinski definition) is 3. The molecule has 2 rings (SSSR count). The number of aryl methyl sites for hydroxylation is 1. The van der Waals surface area contributed by atoms with Crippen molar-refractivity contribution in [1.29, 1.82) is 0 Å². The summed E-state index contributed by atoms with van der Waals surface area (Å²) in [6.07, 6.45) is 0. The molecule has 1 aromatic heterocycles. The molecule has 19 heavy (non-hydrogen) atoms. The average Bonchev–Trinajstić information content (AvgIpc) is 2.77. The number of halogens is 1. The van der Waals surface area contributed by atoms with Crippen LogP contribution in [-0.4, -0.2) is 10.9 Å². The number of carbonyl (C=O) groups is 1. The molecule has 0 atom stereocenters. The minimum atomic E-state index is -0.551. The van der Waals surface area contributed by atoms with Gasteiger partial charge in [0, 0.05) is 16.6 Å². The van der Waals surface area contributed by atoms with E-state index in [0.717, 1.165) is 10.7 Å². The zero-order valence-corrected chi connectivity index (χ0v) is 11.8. The topological polar surface area (TPSA) is 42.0 Å². The molecule has 0 saturated carbocycles. The number of rotatable bonds is 3. The first-order valence-corrected chi connectivity index (χ1v) is 6.77. The summed E-state index contributed by atoms with van der Waals surface area (Å²) in [6, 6.07) is 5.48. The van der Waals surface area contributed by atoms with E-state index in [4.69, 9.17) is 0 Å². The number of carbonyl (C=O) groups excluding carboxylic acids is 1. The lowest BCUT2D eigenvalue weighted by Crippen LogP contribution is -2.40. The Hall–Kier alpha value is -1.75. The smallest absolute Gasteiger partial charge is 0.252 e. The maximum atomic E-state index is 12.8. The summed E-state index contributed by atoms with van der Waals surface area (Å²) in [7, 11) is 0. The van der Waals surface area contributed by atoms with Crippen LogP contribution in [0.1, 0.15) is 34.9 Å². The number of amides is 1. The fraction of sp³-hybridized carbons (Fsp3) is 0.286. The van der Waals surface area contributed by atoms with Crippen LogP contribution in [0.2, 0.25) is 0 Å². The van der Waals surface area contributed by atoms with Gasteiger partial charge in [0.2, 0.25) is 0 Å². The van der Waals surface area contributed by atoms with Crippen LogP contribution in [0.5, 0.6) is 0 Å². The van der Waals surface area contributed by atoms with E-state index in [9.17, 15) is 9.18 Å². The van der Waals surface area contributed by atoms with E-state index >= 15 is 0 Å². The lowest BCUT2D eigenvalue weighted by molar-refractivity contribution is 0.0912. The van der Waals surface area contributed by atoms with E-state index in [1.807, 2.05) is 26.2 Å². The van der Waals surface area contributed by atoms with Gasteiger partial charge in [-0.2, -0.15) is 0 Å². The highest BCUT2D eigenvalue weighted by Gasteiger charge is 2.26. The quantitative estimate of drug-likeness (QED) is 0.936. The Morgan fingerprint density at radius 2 is 1.95 bits per heavy atom. The van der Waals surface area contributed by atoms with Crippen molar-refractivity contribution >= 4 is 17.2 Å². The van der Waals surface area contributed by atoms with Crippen LogP contribution in [0.3, 0.4) is 0 Å². The van der Waals surface area contributed by atoms with Crippen molar-refractivity contribution in [1.82, 2.24) is 10.3 Å². The van der Waals surface area contributed by atoms with Gasteiger partial charge in [-0.25, -0.2) is 9.37 Å². The Kier molecular flexibility index (Phi) is 3.66. The van der Waals surface area contributed by atoms with Crippen LogP contribution in [0, 0.1) is 12.7 Å². The van der Waals surface area contributed by atoms with E-state index in [-0.39, 0.29) is 11.7 Å². The van der Waals surface area contributed by atoms with E-state index in [1.54, 1.807) is 0 Å². The summed E-state index contributed by atoms with van der Waals surface area (Å²) in [6.45, 7) is 5.71. The molecule has 100 valence electrons. The van der Waals surface area contributed by atoms with Crippen LogP contribution >= 0.6 is 11.3 Å². The molecule has 0 unspecified atom stereocenters. The monoisotopic (exact) mass is 278 g/mol. The first kappa shape index (κ1) is 13.7. The molecule has 0 aliphatic heterocycles. The fourth-order valence-electron chi connectivity index (χ4n) is 1.65. The minimum absolute atomic E-state index is 0.238. The molecular formula is C14H15FN2OS. The molecule has 0 radical (unpaired) electrons. The van der Waals surface area contributed by atoms with Gasteiger partial charge < -0.3 is 5.32 Å². The van der Waals surface area contributed by atoms with Crippen molar-refractivity contribution in [2.24, 2.45) is 0 Å². The van der Waals surface area contributed by atoms with Crippen LogP contribution in [0.4, 0.5) is 4.39 Å². The molecule has 0 bridgehead atoms. The van der Waals surface area contributed by atoms with E-state index in [0.29, 0.717) is 5.56 Å². The van der Waals surface area contributed by atoms with Gasteiger partial charge in [0.1, 0.15) is 10.8 Å². The lowest BCUT2D eigenvalue weighted by atomic mass is 10.1. The van der Waals surface area contributed by atoms with E-state index in [2.05, 4.69) is 10.3 Å². The predicted octanol–water partition coefficient (Wildman–Crippen LogP) is 3.26. The Morgan fingerprint density at radius 1 is 1.32 bits per heavy atom. The van der Waals surface area contributed by atoms with Crippen molar-refractivity contribution in [3.8, 4) is 0 Å². The first-order valence-electron chi connectivity index (χ1n) is 5.89. The van der Waals surface area contributed by atoms with Crippen LogP contribution in [0.15, 0.2) is 29.6 Å². The van der Waals surface area contributed by atoms with E-state index < -0.39 is 5.54 Å². The third-order valence-electron chi connectivity index (χ3n) is 2.69. The van der Waals surface area contributed by atoms with Gasteiger partial charge in [-0.05, 0) is 45.0 Å². The molecule has 0 aliphatic rings. The summed E-state index contributed by atoms with van der Waals surface area (Å²) in [5, 5.41) is 5.70. The van der Waals surface area contributed by atoms with Gasteiger partial charge >= 0.3 is 0 Å². The zero-order chi connectivity index (χ0) is 14.0. The second kappa shape index (κ2) is 5.09. The third-order valence-corrected chi connectivity index (χ3v) is 3.97. The number of aromatic nitrogens is 1. The van der Waals surface area contributed by atoms with Gasteiger partial charge in [-0.15, -0.1) is 11.3 Å². The van der Waals surface area contributed by atoms with Crippen LogP contribution < -0.4 is 5.32 Å². The van der Waals surface area contributed by atoms with Crippen LogP contribution in [-0.2, 0) is 5.54 Å². The average molecular weight is 278 g/mol. The lowest BCUT2D eigenvalue weighted by Gasteiger charge is -2.23. The largest absolute Gasteiger partial charge is 0.341 e. The zero-order valence-electron chi connectivity index (χ0n) is 11.0.